The van der Waals surface area contributed by atoms with Gasteiger partial charge in [0.2, 0.25) is 23.6 Å². The average Bonchev–Trinajstić information content (AvgIpc) is 4.02. The molecule has 71 heavy (non-hydrogen) atoms. The third kappa shape index (κ3) is 15.3. The summed E-state index contributed by atoms with van der Waals surface area (Å²) in [6, 6.07) is 26.1. The van der Waals surface area contributed by atoms with Crippen LogP contribution >= 0.6 is 23.2 Å². The van der Waals surface area contributed by atoms with Gasteiger partial charge in [0.15, 0.2) is 0 Å². The summed E-state index contributed by atoms with van der Waals surface area (Å²) in [5.74, 6) is -1.36. The topological polar surface area (TPSA) is 188 Å². The molecular formula is C53H64Cl2N8O8. The van der Waals surface area contributed by atoms with Crippen molar-refractivity contribution in [2.75, 3.05) is 41.9 Å². The van der Waals surface area contributed by atoms with E-state index in [1.807, 2.05) is 100 Å². The summed E-state index contributed by atoms with van der Waals surface area (Å²) in [6.07, 6.45) is 2.50. The van der Waals surface area contributed by atoms with Gasteiger partial charge in [0.1, 0.15) is 23.4 Å². The molecule has 18 heteroatoms. The number of halogens is 2. The van der Waals surface area contributed by atoms with Crippen LogP contribution in [-0.2, 0) is 61.7 Å². The fraction of sp³-hybridized carbons (Fsp3) is 0.396. The molecule has 5 aromatic rings. The lowest BCUT2D eigenvalue weighted by Crippen LogP contribution is -2.56. The molecule has 4 aromatic carbocycles. The molecule has 0 aliphatic heterocycles. The minimum atomic E-state index is -1.09. The average molecular weight is 1010 g/mol. The maximum absolute atomic E-state index is 14.3. The molecule has 6 rings (SSSR count). The van der Waals surface area contributed by atoms with Gasteiger partial charge in [0.05, 0.1) is 55.5 Å². The first-order chi connectivity index (χ1) is 33.9. The molecule has 16 nitrogen and oxygen atoms in total. The number of hydrogen-bond donors (Lipinski definition) is 4. The number of imidazole rings is 1. The van der Waals surface area contributed by atoms with Gasteiger partial charge in [0.25, 0.3) is 0 Å². The second-order valence-corrected chi connectivity index (χ2v) is 19.3. The number of aromatic nitrogens is 2. The van der Waals surface area contributed by atoms with Gasteiger partial charge in [-0.05, 0) is 99.9 Å². The predicted octanol–water partition coefficient (Wildman–Crippen LogP) is 6.37. The molecule has 1 aliphatic carbocycles. The van der Waals surface area contributed by atoms with Crippen LogP contribution in [0.5, 0.6) is 11.5 Å². The number of nitrogens with zero attached hydrogens (tertiary/aromatic N) is 5. The van der Waals surface area contributed by atoms with Gasteiger partial charge in [0, 0.05) is 68.4 Å². The highest BCUT2D eigenvalue weighted by molar-refractivity contribution is 6.31. The highest BCUT2D eigenvalue weighted by atomic mass is 35.5. The zero-order valence-corrected chi connectivity index (χ0v) is 42.7. The Morgan fingerprint density at radius 1 is 0.859 bits per heavy atom. The Morgan fingerprint density at radius 2 is 1.54 bits per heavy atom. The lowest BCUT2D eigenvalue weighted by molar-refractivity contribution is -0.144. The van der Waals surface area contributed by atoms with E-state index in [4.69, 9.17) is 32.7 Å². The molecule has 0 spiro atoms. The van der Waals surface area contributed by atoms with Crippen LogP contribution < -0.4 is 20.7 Å². The smallest absolute Gasteiger partial charge is 0.304 e. The van der Waals surface area contributed by atoms with Gasteiger partial charge in [-0.2, -0.15) is 0 Å². The third-order valence-corrected chi connectivity index (χ3v) is 13.1. The Morgan fingerprint density at radius 3 is 2.20 bits per heavy atom. The highest BCUT2D eigenvalue weighted by Crippen LogP contribution is 2.32. The van der Waals surface area contributed by atoms with Crippen LogP contribution in [0.3, 0.4) is 0 Å². The molecule has 1 fully saturated rings. The van der Waals surface area contributed by atoms with Gasteiger partial charge in [-0.25, -0.2) is 4.98 Å². The van der Waals surface area contributed by atoms with Crippen LogP contribution in [0.2, 0.25) is 10.0 Å². The molecule has 1 heterocycles. The lowest BCUT2D eigenvalue weighted by Gasteiger charge is -2.32. The van der Waals surface area contributed by atoms with Crippen LogP contribution in [0.4, 0.5) is 0 Å². The van der Waals surface area contributed by atoms with E-state index in [0.717, 1.165) is 33.8 Å². The van der Waals surface area contributed by atoms with Crippen molar-refractivity contribution in [2.24, 2.45) is 13.0 Å². The number of carboxylic acids is 1. The first-order valence-electron chi connectivity index (χ1n) is 23.5. The van der Waals surface area contributed by atoms with Crippen molar-refractivity contribution in [1.29, 1.82) is 0 Å². The van der Waals surface area contributed by atoms with Crippen molar-refractivity contribution in [3.8, 4) is 22.8 Å². The van der Waals surface area contributed by atoms with E-state index in [1.54, 1.807) is 45.3 Å². The molecule has 0 saturated heterocycles. The summed E-state index contributed by atoms with van der Waals surface area (Å²) in [6.45, 7) is 2.49. The number of carboxylic acid groups (broad SMARTS) is 1. The number of nitrogens with one attached hydrogen (secondary N) is 3. The van der Waals surface area contributed by atoms with Gasteiger partial charge in [-0.3, -0.25) is 24.0 Å². The van der Waals surface area contributed by atoms with E-state index in [9.17, 15) is 29.1 Å². The monoisotopic (exact) mass is 1010 g/mol. The van der Waals surface area contributed by atoms with Crippen molar-refractivity contribution in [3.05, 3.63) is 136 Å². The largest absolute Gasteiger partial charge is 0.481 e. The standard InChI is InChI=1S/C53H64Cl2N8O8/c1-33(56-29-37-15-20-40(55)26-47(37)71-42-21-16-36(17-22-42)46-30-57-48(62(46)5)31-60(2)3)51(67)59-44(32-70-7)53(69)61(4)41(24-35-13-18-39(54)19-14-35)27-49(64)58-43-28-45(43)63(6)52(68)38(25-50(65)66)23-34-11-9-8-10-12-34/h8-22,26,30,33,38,41,43-45,56H,23-25,27-29,31-32H2,1-7H3,(H,58,64)(H,59,67)(H,65,66)/t33-,38+,41-,43+,44-,45-/m0/s1. The van der Waals surface area contributed by atoms with Crippen LogP contribution in [0.1, 0.15) is 48.7 Å². The van der Waals surface area contributed by atoms with E-state index in [2.05, 4.69) is 30.4 Å². The van der Waals surface area contributed by atoms with Crippen LogP contribution in [0.25, 0.3) is 11.3 Å². The minimum Gasteiger partial charge on any atom is -0.481 e. The van der Waals surface area contributed by atoms with Gasteiger partial charge >= 0.3 is 5.97 Å². The number of rotatable bonds is 25. The van der Waals surface area contributed by atoms with E-state index in [1.165, 1.54) is 16.9 Å². The Labute approximate surface area is 425 Å². The van der Waals surface area contributed by atoms with Gasteiger partial charge in [-0.15, -0.1) is 0 Å². The van der Waals surface area contributed by atoms with E-state index >= 15 is 0 Å². The SMILES string of the molecule is COC[C@H](NC(=O)[C@H](C)NCc1ccc(Cl)cc1Oc1ccc(-c2cnc(CN(C)C)n2C)cc1)C(=O)N(C)[C@H](CC(=O)N[C@@H]1C[C@@H]1N(C)C(=O)[C@@H](CC(=O)O)Cc1ccccc1)Cc1ccc(Cl)cc1. The maximum Gasteiger partial charge on any atom is 0.304 e. The number of likely N-dealkylation sites (N-methyl/N-ethyl adjacent to an activating group) is 2. The highest BCUT2D eigenvalue weighted by Gasteiger charge is 2.45. The van der Waals surface area contributed by atoms with Crippen molar-refractivity contribution in [2.45, 2.75) is 82.3 Å². The van der Waals surface area contributed by atoms with Crippen LogP contribution in [-0.4, -0.2) is 131 Å². The second-order valence-electron chi connectivity index (χ2n) is 18.4. The first-order valence-corrected chi connectivity index (χ1v) is 24.2. The number of amides is 4. The quantitative estimate of drug-likeness (QED) is 0.0510. The Hall–Kier alpha value is -6.30. The molecule has 1 aliphatic rings. The summed E-state index contributed by atoms with van der Waals surface area (Å²) < 4.78 is 13.8. The third-order valence-electron chi connectivity index (χ3n) is 12.6. The molecule has 6 atom stereocenters. The zero-order chi connectivity index (χ0) is 51.4. The summed E-state index contributed by atoms with van der Waals surface area (Å²) in [5, 5.41) is 19.7. The molecule has 0 bridgehead atoms. The number of aliphatic carboxylic acids is 1. The summed E-state index contributed by atoms with van der Waals surface area (Å²) in [7, 11) is 10.6. The van der Waals surface area contributed by atoms with E-state index < -0.39 is 41.8 Å². The van der Waals surface area contributed by atoms with Gasteiger partial charge in [-0.1, -0.05) is 71.7 Å². The summed E-state index contributed by atoms with van der Waals surface area (Å²) >= 11 is 12.6. The number of methoxy groups -OCH3 is 1. The minimum absolute atomic E-state index is 0.0923. The number of benzene rings is 4. The molecule has 0 radical (unpaired) electrons. The van der Waals surface area contributed by atoms with Crippen LogP contribution in [0.15, 0.2) is 103 Å². The Kier molecular flexibility index (Phi) is 19.2. The molecule has 1 saturated carbocycles. The lowest BCUT2D eigenvalue weighted by atomic mass is 9.95. The van der Waals surface area contributed by atoms with Crippen molar-refractivity contribution in [3.63, 3.8) is 0 Å². The molecule has 0 unspecified atom stereocenters. The van der Waals surface area contributed by atoms with Crippen molar-refractivity contribution < 1.29 is 38.6 Å². The molecule has 378 valence electrons. The molecule has 4 N–H and O–H groups in total. The Bertz CT molecular complexity index is 2610. The number of hydrogen-bond acceptors (Lipinski definition) is 10. The molecular weight excluding hydrogens is 948 g/mol. The van der Waals surface area contributed by atoms with E-state index in [-0.39, 0.29) is 56.3 Å². The summed E-state index contributed by atoms with van der Waals surface area (Å²) in [5.41, 5.74) is 4.39. The number of carbonyl (C=O) groups is 5. The number of ether oxygens (including phenoxy) is 2. The fourth-order valence-electron chi connectivity index (χ4n) is 8.45. The Balaban J connectivity index is 1.07. The maximum atomic E-state index is 14.3. The number of carbonyl (C=O) groups excluding carboxylic acids is 4. The zero-order valence-electron chi connectivity index (χ0n) is 41.2. The summed E-state index contributed by atoms with van der Waals surface area (Å²) in [4.78, 5) is 76.8. The molecule has 4 amide bonds. The fourth-order valence-corrected chi connectivity index (χ4v) is 8.73. The van der Waals surface area contributed by atoms with Gasteiger partial charge < -0.3 is 49.8 Å². The van der Waals surface area contributed by atoms with Crippen molar-refractivity contribution >= 4 is 52.8 Å². The normalized spacial score (nSPS) is 15.8. The first kappa shape index (κ1) is 54.0. The second kappa shape index (κ2) is 25.2. The van der Waals surface area contributed by atoms with E-state index in [0.29, 0.717) is 40.9 Å². The van der Waals surface area contributed by atoms with Crippen LogP contribution in [0, 0.1) is 5.92 Å². The van der Waals surface area contributed by atoms with Crippen molar-refractivity contribution in [1.82, 2.24) is 40.2 Å². The molecule has 1 aromatic heterocycles. The predicted molar refractivity (Wildman–Crippen MR) is 273 cm³/mol.